The summed E-state index contributed by atoms with van der Waals surface area (Å²) < 4.78 is 22.4. The largest absolute Gasteiger partial charge is 0.339 e. The third-order valence-corrected chi connectivity index (χ3v) is 5.27. The van der Waals surface area contributed by atoms with E-state index in [1.807, 2.05) is 0 Å². The van der Waals surface area contributed by atoms with Crippen molar-refractivity contribution in [2.24, 2.45) is 5.73 Å². The van der Waals surface area contributed by atoms with Gasteiger partial charge >= 0.3 is 0 Å². The van der Waals surface area contributed by atoms with Crippen LogP contribution in [0.5, 0.6) is 0 Å². The maximum Gasteiger partial charge on any atom is 0.239 e. The minimum Gasteiger partial charge on any atom is -0.339 e. The van der Waals surface area contributed by atoms with Gasteiger partial charge in [0.15, 0.2) is 0 Å². The molecule has 1 heterocycles. The van der Waals surface area contributed by atoms with Gasteiger partial charge in [0.25, 0.3) is 0 Å². The summed E-state index contributed by atoms with van der Waals surface area (Å²) in [6, 6.07) is 7.70. The van der Waals surface area contributed by atoms with Crippen molar-refractivity contribution < 1.29 is 13.2 Å². The number of carbonyl (C=O) groups is 1. The molecule has 25 heavy (non-hydrogen) atoms. The molecule has 0 aliphatic carbocycles. The Balaban J connectivity index is 0.00000312. The average molecular weight is 390 g/mol. The van der Waals surface area contributed by atoms with E-state index < -0.39 is 15.9 Å². The van der Waals surface area contributed by atoms with Crippen molar-refractivity contribution in [2.45, 2.75) is 25.9 Å². The van der Waals surface area contributed by atoms with Crippen molar-refractivity contribution in [3.8, 4) is 0 Å². The van der Waals surface area contributed by atoms with E-state index in [9.17, 15) is 13.2 Å². The monoisotopic (exact) mass is 389 g/mol. The molecule has 1 aromatic carbocycles. The van der Waals surface area contributed by atoms with Crippen molar-refractivity contribution in [2.75, 3.05) is 38.2 Å². The lowest BCUT2D eigenvalue weighted by molar-refractivity contribution is -0.134. The molecule has 1 aliphatic rings. The molecule has 0 radical (unpaired) electrons. The Kier molecular flexibility index (Phi) is 8.34. The molecular formula is C17H28ClN3O3S. The molecular weight excluding hydrogens is 362 g/mol. The molecule has 1 amide bonds. The van der Waals surface area contributed by atoms with Crippen molar-refractivity contribution in [3.63, 3.8) is 0 Å². The zero-order valence-corrected chi connectivity index (χ0v) is 16.5. The third-order valence-electron chi connectivity index (χ3n) is 4.29. The molecule has 1 aliphatic heterocycles. The Hall–Kier alpha value is -1.15. The number of benzene rings is 1. The van der Waals surface area contributed by atoms with E-state index in [0.717, 1.165) is 25.9 Å². The van der Waals surface area contributed by atoms with E-state index in [-0.39, 0.29) is 30.5 Å². The van der Waals surface area contributed by atoms with Crippen LogP contribution in [0.1, 0.15) is 17.5 Å². The van der Waals surface area contributed by atoms with E-state index in [2.05, 4.69) is 36.1 Å². The third kappa shape index (κ3) is 7.32. The normalized spacial score (nSPS) is 17.0. The number of sulfone groups is 1. The van der Waals surface area contributed by atoms with Gasteiger partial charge in [-0.25, -0.2) is 8.42 Å². The summed E-state index contributed by atoms with van der Waals surface area (Å²) in [6.07, 6.45) is 1.34. The smallest absolute Gasteiger partial charge is 0.239 e. The maximum absolute atomic E-state index is 12.3. The lowest BCUT2D eigenvalue weighted by Gasteiger charge is -2.36. The summed E-state index contributed by atoms with van der Waals surface area (Å²) >= 11 is 0. The second kappa shape index (κ2) is 9.52. The Morgan fingerprint density at radius 1 is 1.24 bits per heavy atom. The number of nitrogens with zero attached hydrogens (tertiary/aromatic N) is 2. The number of halogens is 1. The molecule has 1 fully saturated rings. The highest BCUT2D eigenvalue weighted by atomic mass is 35.5. The van der Waals surface area contributed by atoms with Gasteiger partial charge in [-0.3, -0.25) is 9.69 Å². The lowest BCUT2D eigenvalue weighted by atomic mass is 10.1. The zero-order chi connectivity index (χ0) is 17.7. The van der Waals surface area contributed by atoms with Crippen LogP contribution in [0.2, 0.25) is 0 Å². The average Bonchev–Trinajstić information content (AvgIpc) is 2.52. The summed E-state index contributed by atoms with van der Waals surface area (Å²) in [5, 5.41) is 0. The van der Waals surface area contributed by atoms with Gasteiger partial charge < -0.3 is 10.6 Å². The summed E-state index contributed by atoms with van der Waals surface area (Å²) in [7, 11) is -3.09. The highest BCUT2D eigenvalue weighted by Crippen LogP contribution is 2.11. The van der Waals surface area contributed by atoms with Gasteiger partial charge in [0.2, 0.25) is 5.91 Å². The number of rotatable bonds is 6. The van der Waals surface area contributed by atoms with Gasteiger partial charge in [-0.1, -0.05) is 29.8 Å². The summed E-state index contributed by atoms with van der Waals surface area (Å²) in [6.45, 7) is 5.84. The molecule has 1 unspecified atom stereocenters. The Morgan fingerprint density at radius 3 is 2.44 bits per heavy atom. The standard InChI is InChI=1S/C17H27N3O3S.ClH/c1-14-4-3-5-15(12-14)13-19-7-9-20(10-8-19)17(21)16(18)6-11-24(2,22)23;/h3-5,12,16H,6-11,13,18H2,1-2H3;1H. The highest BCUT2D eigenvalue weighted by molar-refractivity contribution is 7.90. The van der Waals surface area contributed by atoms with E-state index >= 15 is 0 Å². The molecule has 1 atom stereocenters. The summed E-state index contributed by atoms with van der Waals surface area (Å²) in [5.41, 5.74) is 8.39. The first kappa shape index (κ1) is 21.9. The van der Waals surface area contributed by atoms with E-state index in [4.69, 9.17) is 5.73 Å². The summed E-state index contributed by atoms with van der Waals surface area (Å²) in [5.74, 6) is -0.193. The molecule has 142 valence electrons. The van der Waals surface area contributed by atoms with Crippen molar-refractivity contribution in [3.05, 3.63) is 35.4 Å². The predicted octanol–water partition coefficient (Wildman–Crippen LogP) is 0.823. The Bertz CT molecular complexity index is 673. The van der Waals surface area contributed by atoms with Crippen LogP contribution in [0.4, 0.5) is 0 Å². The van der Waals surface area contributed by atoms with Gasteiger partial charge in [0, 0.05) is 39.0 Å². The topological polar surface area (TPSA) is 83.7 Å². The van der Waals surface area contributed by atoms with Crippen LogP contribution >= 0.6 is 12.4 Å². The van der Waals surface area contributed by atoms with Gasteiger partial charge in [0.1, 0.15) is 9.84 Å². The first-order valence-electron chi connectivity index (χ1n) is 8.24. The van der Waals surface area contributed by atoms with Crippen molar-refractivity contribution in [1.82, 2.24) is 9.80 Å². The Morgan fingerprint density at radius 2 is 1.88 bits per heavy atom. The van der Waals surface area contributed by atoms with Gasteiger partial charge in [0.05, 0.1) is 11.8 Å². The number of aryl methyl sites for hydroxylation is 1. The van der Waals surface area contributed by atoms with E-state index in [0.29, 0.717) is 13.1 Å². The molecule has 6 nitrogen and oxygen atoms in total. The first-order chi connectivity index (χ1) is 11.2. The molecule has 0 aromatic heterocycles. The minimum atomic E-state index is -3.09. The number of piperazine rings is 1. The molecule has 2 rings (SSSR count). The number of hydrogen-bond donors (Lipinski definition) is 1. The molecule has 1 saturated heterocycles. The predicted molar refractivity (Wildman–Crippen MR) is 103 cm³/mol. The van der Waals surface area contributed by atoms with Crippen LogP contribution in [-0.4, -0.2) is 68.4 Å². The SMILES string of the molecule is Cc1cccc(CN2CCN(C(=O)C(N)CCS(C)(=O)=O)CC2)c1.Cl. The molecule has 8 heteroatoms. The van der Waals surface area contributed by atoms with Crippen LogP contribution in [0.25, 0.3) is 0 Å². The second-order valence-electron chi connectivity index (χ2n) is 6.62. The second-order valence-corrected chi connectivity index (χ2v) is 8.88. The molecule has 1 aromatic rings. The quantitative estimate of drug-likeness (QED) is 0.778. The first-order valence-corrected chi connectivity index (χ1v) is 10.3. The fourth-order valence-corrected chi connectivity index (χ4v) is 3.58. The van der Waals surface area contributed by atoms with Crippen LogP contribution in [0, 0.1) is 6.92 Å². The molecule has 0 bridgehead atoms. The van der Waals surface area contributed by atoms with Crippen LogP contribution in [-0.2, 0) is 21.2 Å². The van der Waals surface area contributed by atoms with Gasteiger partial charge in [-0.05, 0) is 18.9 Å². The fraction of sp³-hybridized carbons (Fsp3) is 0.588. The fourth-order valence-electron chi connectivity index (χ4n) is 2.89. The molecule has 2 N–H and O–H groups in total. The Labute approximate surface area is 156 Å². The maximum atomic E-state index is 12.3. The zero-order valence-electron chi connectivity index (χ0n) is 14.8. The van der Waals surface area contributed by atoms with E-state index in [1.54, 1.807) is 4.90 Å². The summed E-state index contributed by atoms with van der Waals surface area (Å²) in [4.78, 5) is 16.4. The molecule has 0 saturated carbocycles. The highest BCUT2D eigenvalue weighted by Gasteiger charge is 2.25. The van der Waals surface area contributed by atoms with E-state index in [1.165, 1.54) is 11.1 Å². The minimum absolute atomic E-state index is 0. The number of hydrogen-bond acceptors (Lipinski definition) is 5. The number of nitrogens with two attached hydrogens (primary N) is 1. The number of carbonyl (C=O) groups excluding carboxylic acids is 1. The van der Waals surface area contributed by atoms with Crippen LogP contribution in [0.15, 0.2) is 24.3 Å². The van der Waals surface area contributed by atoms with Crippen molar-refractivity contribution in [1.29, 1.82) is 0 Å². The van der Waals surface area contributed by atoms with Crippen LogP contribution < -0.4 is 5.73 Å². The van der Waals surface area contributed by atoms with Gasteiger partial charge in [-0.15, -0.1) is 12.4 Å². The number of amides is 1. The van der Waals surface area contributed by atoms with Gasteiger partial charge in [-0.2, -0.15) is 0 Å². The van der Waals surface area contributed by atoms with Crippen LogP contribution in [0.3, 0.4) is 0 Å². The van der Waals surface area contributed by atoms with Crippen molar-refractivity contribution >= 4 is 28.2 Å². The lowest BCUT2D eigenvalue weighted by Crippen LogP contribution is -2.53. The molecule has 0 spiro atoms.